The van der Waals surface area contributed by atoms with Crippen LogP contribution in [0.25, 0.3) is 0 Å². The molecule has 1 aromatic heterocycles. The van der Waals surface area contributed by atoms with Gasteiger partial charge in [0.2, 0.25) is 0 Å². The first-order valence-corrected chi connectivity index (χ1v) is 7.09. The molecule has 1 fully saturated rings. The van der Waals surface area contributed by atoms with Crippen LogP contribution in [-0.2, 0) is 0 Å². The smallest absolute Gasteiger partial charge is 0.0782 e. The standard InChI is InChI=1S/C15H25N3/c1-10-7-11(2)9-14(8-10)18-13(4)15-12(3)16-5-6-17-15/h5-6,10-11,13-14,18H,7-9H2,1-4H3. The van der Waals surface area contributed by atoms with Crippen molar-refractivity contribution in [2.45, 2.75) is 59.0 Å². The maximum Gasteiger partial charge on any atom is 0.0782 e. The van der Waals surface area contributed by atoms with Gasteiger partial charge in [-0.1, -0.05) is 13.8 Å². The zero-order chi connectivity index (χ0) is 13.1. The van der Waals surface area contributed by atoms with Crippen molar-refractivity contribution in [2.75, 3.05) is 0 Å². The van der Waals surface area contributed by atoms with Crippen molar-refractivity contribution in [3.63, 3.8) is 0 Å². The molecule has 3 unspecified atom stereocenters. The Morgan fingerprint density at radius 3 is 2.33 bits per heavy atom. The van der Waals surface area contributed by atoms with Gasteiger partial charge in [0.05, 0.1) is 11.4 Å². The van der Waals surface area contributed by atoms with Crippen LogP contribution in [-0.4, -0.2) is 16.0 Å². The summed E-state index contributed by atoms with van der Waals surface area (Å²) in [4.78, 5) is 8.78. The average molecular weight is 247 g/mol. The number of nitrogens with one attached hydrogen (secondary N) is 1. The third kappa shape index (κ3) is 3.29. The zero-order valence-electron chi connectivity index (χ0n) is 12.0. The molecule has 0 aliphatic heterocycles. The first kappa shape index (κ1) is 13.5. The van der Waals surface area contributed by atoms with Gasteiger partial charge in [-0.2, -0.15) is 0 Å². The van der Waals surface area contributed by atoms with E-state index in [1.54, 1.807) is 12.4 Å². The molecule has 1 heterocycles. The first-order chi connectivity index (χ1) is 8.56. The van der Waals surface area contributed by atoms with E-state index in [1.165, 1.54) is 19.3 Å². The van der Waals surface area contributed by atoms with Crippen molar-refractivity contribution in [2.24, 2.45) is 11.8 Å². The number of hydrogen-bond donors (Lipinski definition) is 1. The molecule has 3 atom stereocenters. The number of hydrogen-bond acceptors (Lipinski definition) is 3. The van der Waals surface area contributed by atoms with Gasteiger partial charge >= 0.3 is 0 Å². The van der Waals surface area contributed by atoms with Crippen LogP contribution in [0.2, 0.25) is 0 Å². The summed E-state index contributed by atoms with van der Waals surface area (Å²) in [6.07, 6.45) is 7.49. The fourth-order valence-corrected chi connectivity index (χ4v) is 3.36. The number of aryl methyl sites for hydroxylation is 1. The predicted molar refractivity (Wildman–Crippen MR) is 74.3 cm³/mol. The molecule has 0 spiro atoms. The Labute approximate surface area is 110 Å². The lowest BCUT2D eigenvalue weighted by Gasteiger charge is -2.34. The van der Waals surface area contributed by atoms with Gasteiger partial charge in [-0.3, -0.25) is 9.97 Å². The molecule has 0 amide bonds. The van der Waals surface area contributed by atoms with Gasteiger partial charge in [0.1, 0.15) is 0 Å². The van der Waals surface area contributed by atoms with E-state index < -0.39 is 0 Å². The van der Waals surface area contributed by atoms with E-state index in [-0.39, 0.29) is 0 Å². The van der Waals surface area contributed by atoms with E-state index in [2.05, 4.69) is 36.1 Å². The summed E-state index contributed by atoms with van der Waals surface area (Å²) in [5.41, 5.74) is 2.12. The van der Waals surface area contributed by atoms with Crippen molar-refractivity contribution >= 4 is 0 Å². The summed E-state index contributed by atoms with van der Waals surface area (Å²) < 4.78 is 0. The number of nitrogens with zero attached hydrogens (tertiary/aromatic N) is 2. The van der Waals surface area contributed by atoms with Crippen LogP contribution in [0, 0.1) is 18.8 Å². The van der Waals surface area contributed by atoms with Crippen LogP contribution in [0.15, 0.2) is 12.4 Å². The molecule has 1 aliphatic carbocycles. The van der Waals surface area contributed by atoms with Crippen LogP contribution >= 0.6 is 0 Å². The molecule has 2 rings (SSSR count). The minimum Gasteiger partial charge on any atom is -0.306 e. The largest absolute Gasteiger partial charge is 0.306 e. The van der Waals surface area contributed by atoms with Crippen molar-refractivity contribution < 1.29 is 0 Å². The number of aromatic nitrogens is 2. The SMILES string of the molecule is Cc1nccnc1C(C)NC1CC(C)CC(C)C1. The minimum atomic E-state index is 0.293. The van der Waals surface area contributed by atoms with E-state index in [9.17, 15) is 0 Å². The summed E-state index contributed by atoms with van der Waals surface area (Å²) in [5, 5.41) is 3.73. The van der Waals surface area contributed by atoms with Gasteiger partial charge in [-0.05, 0) is 44.9 Å². The summed E-state index contributed by atoms with van der Waals surface area (Å²) in [5.74, 6) is 1.67. The first-order valence-electron chi connectivity index (χ1n) is 7.09. The highest BCUT2D eigenvalue weighted by molar-refractivity contribution is 5.12. The maximum absolute atomic E-state index is 4.46. The third-order valence-corrected chi connectivity index (χ3v) is 3.99. The quantitative estimate of drug-likeness (QED) is 0.891. The molecule has 18 heavy (non-hydrogen) atoms. The van der Waals surface area contributed by atoms with Gasteiger partial charge in [0, 0.05) is 24.5 Å². The minimum absolute atomic E-state index is 0.293. The Bertz CT molecular complexity index is 381. The molecule has 3 nitrogen and oxygen atoms in total. The monoisotopic (exact) mass is 247 g/mol. The second-order valence-electron chi connectivity index (χ2n) is 6.03. The molecule has 1 aliphatic rings. The Hall–Kier alpha value is -0.960. The zero-order valence-corrected chi connectivity index (χ0v) is 12.0. The maximum atomic E-state index is 4.46. The van der Waals surface area contributed by atoms with Gasteiger partial charge in [-0.25, -0.2) is 0 Å². The molecule has 1 saturated carbocycles. The second-order valence-corrected chi connectivity index (χ2v) is 6.03. The summed E-state index contributed by atoms with van der Waals surface area (Å²) in [6, 6.07) is 0.918. The topological polar surface area (TPSA) is 37.8 Å². The highest BCUT2D eigenvalue weighted by atomic mass is 15.0. The molecule has 100 valence electrons. The van der Waals surface area contributed by atoms with E-state index in [1.807, 2.05) is 6.92 Å². The van der Waals surface area contributed by atoms with Gasteiger partial charge in [-0.15, -0.1) is 0 Å². The Kier molecular flexibility index (Phi) is 4.33. The molecule has 3 heteroatoms. The summed E-state index contributed by atoms with van der Waals surface area (Å²) >= 11 is 0. The van der Waals surface area contributed by atoms with E-state index in [4.69, 9.17) is 0 Å². The van der Waals surface area contributed by atoms with E-state index in [0.29, 0.717) is 12.1 Å². The molecule has 1 N–H and O–H groups in total. The van der Waals surface area contributed by atoms with E-state index in [0.717, 1.165) is 23.2 Å². The Morgan fingerprint density at radius 1 is 1.11 bits per heavy atom. The lowest BCUT2D eigenvalue weighted by atomic mass is 9.80. The normalized spacial score (nSPS) is 30.1. The third-order valence-electron chi connectivity index (χ3n) is 3.99. The summed E-state index contributed by atoms with van der Waals surface area (Å²) in [6.45, 7) is 8.96. The molecular weight excluding hydrogens is 222 g/mol. The van der Waals surface area contributed by atoms with Crippen molar-refractivity contribution in [1.29, 1.82) is 0 Å². The molecule has 0 aromatic carbocycles. The van der Waals surface area contributed by atoms with Crippen LogP contribution in [0.3, 0.4) is 0 Å². The van der Waals surface area contributed by atoms with Gasteiger partial charge in [0.25, 0.3) is 0 Å². The van der Waals surface area contributed by atoms with Crippen LogP contribution in [0.1, 0.15) is 57.5 Å². The fourth-order valence-electron chi connectivity index (χ4n) is 3.36. The van der Waals surface area contributed by atoms with Crippen molar-refractivity contribution in [3.05, 3.63) is 23.8 Å². The summed E-state index contributed by atoms with van der Waals surface area (Å²) in [7, 11) is 0. The highest BCUT2D eigenvalue weighted by Gasteiger charge is 2.25. The van der Waals surface area contributed by atoms with Gasteiger partial charge < -0.3 is 5.32 Å². The van der Waals surface area contributed by atoms with Crippen molar-refractivity contribution in [3.8, 4) is 0 Å². The molecular formula is C15H25N3. The Balaban J connectivity index is 1.99. The fraction of sp³-hybridized carbons (Fsp3) is 0.733. The molecule has 0 radical (unpaired) electrons. The number of rotatable bonds is 3. The predicted octanol–water partition coefficient (Wildman–Crippen LogP) is 3.26. The van der Waals surface area contributed by atoms with Crippen LogP contribution in [0.4, 0.5) is 0 Å². The lowest BCUT2D eigenvalue weighted by molar-refractivity contribution is 0.227. The van der Waals surface area contributed by atoms with Crippen LogP contribution in [0.5, 0.6) is 0 Å². The highest BCUT2D eigenvalue weighted by Crippen LogP contribution is 2.29. The average Bonchev–Trinajstić information content (AvgIpc) is 2.27. The van der Waals surface area contributed by atoms with Gasteiger partial charge in [0.15, 0.2) is 0 Å². The molecule has 1 aromatic rings. The Morgan fingerprint density at radius 2 is 1.72 bits per heavy atom. The second kappa shape index (κ2) is 5.79. The van der Waals surface area contributed by atoms with Crippen molar-refractivity contribution in [1.82, 2.24) is 15.3 Å². The van der Waals surface area contributed by atoms with Crippen LogP contribution < -0.4 is 5.32 Å². The lowest BCUT2D eigenvalue weighted by Crippen LogP contribution is -2.38. The van der Waals surface area contributed by atoms with E-state index >= 15 is 0 Å². The molecule has 0 bridgehead atoms. The molecule has 0 saturated heterocycles.